The van der Waals surface area contributed by atoms with Crippen molar-refractivity contribution in [1.82, 2.24) is 10.2 Å². The highest BCUT2D eigenvalue weighted by atomic mass is 35.5. The van der Waals surface area contributed by atoms with Gasteiger partial charge in [0.25, 0.3) is 10.0 Å². The monoisotopic (exact) mass is 583 g/mol. The first-order valence-corrected chi connectivity index (χ1v) is 15.2. The summed E-state index contributed by atoms with van der Waals surface area (Å²) in [4.78, 5) is 28.4. The Balaban J connectivity index is 2.06. The van der Waals surface area contributed by atoms with Crippen molar-refractivity contribution in [3.05, 3.63) is 94.5 Å². The lowest BCUT2D eigenvalue weighted by Gasteiger charge is -2.32. The van der Waals surface area contributed by atoms with E-state index in [1.807, 2.05) is 32.9 Å². The Morgan fingerprint density at radius 2 is 1.48 bits per heavy atom. The van der Waals surface area contributed by atoms with Crippen LogP contribution in [-0.2, 0) is 26.2 Å². The number of anilines is 1. The highest BCUT2D eigenvalue weighted by Crippen LogP contribution is 2.27. The normalized spacial score (nSPS) is 12.3. The molecule has 0 saturated heterocycles. The van der Waals surface area contributed by atoms with E-state index >= 15 is 0 Å². The van der Waals surface area contributed by atoms with Gasteiger partial charge in [-0.15, -0.1) is 0 Å². The van der Waals surface area contributed by atoms with Gasteiger partial charge >= 0.3 is 0 Å². The van der Waals surface area contributed by atoms with E-state index in [0.717, 1.165) is 15.4 Å². The highest BCUT2D eigenvalue weighted by molar-refractivity contribution is 7.92. The largest absolute Gasteiger partial charge is 0.352 e. The van der Waals surface area contributed by atoms with Crippen molar-refractivity contribution in [1.29, 1.82) is 0 Å². The van der Waals surface area contributed by atoms with Crippen LogP contribution in [0.4, 0.5) is 5.69 Å². The average Bonchev–Trinajstić information content (AvgIpc) is 2.90. The number of nitrogens with zero attached hydrogens (tertiary/aromatic N) is 2. The lowest BCUT2D eigenvalue weighted by molar-refractivity contribution is -0.139. The first-order valence-electron chi connectivity index (χ1n) is 13.3. The Morgan fingerprint density at radius 1 is 0.875 bits per heavy atom. The van der Waals surface area contributed by atoms with Crippen LogP contribution in [0.1, 0.15) is 57.2 Å². The van der Waals surface area contributed by atoms with Crippen molar-refractivity contribution in [3.8, 4) is 0 Å². The summed E-state index contributed by atoms with van der Waals surface area (Å²) in [5.41, 5.74) is 2.96. The molecule has 1 N–H and O–H groups in total. The van der Waals surface area contributed by atoms with Gasteiger partial charge in [0, 0.05) is 17.6 Å². The Labute approximate surface area is 243 Å². The minimum Gasteiger partial charge on any atom is -0.352 e. The smallest absolute Gasteiger partial charge is 0.264 e. The molecule has 0 aliphatic heterocycles. The number of carbonyl (C=O) groups excluding carboxylic acids is 2. The maximum absolute atomic E-state index is 14.0. The maximum atomic E-state index is 14.0. The molecule has 3 aromatic carbocycles. The lowest BCUT2D eigenvalue weighted by atomic mass is 10.0. The molecule has 40 heavy (non-hydrogen) atoms. The van der Waals surface area contributed by atoms with Gasteiger partial charge in [-0.3, -0.25) is 13.9 Å². The van der Waals surface area contributed by atoms with Gasteiger partial charge in [0.05, 0.1) is 10.6 Å². The Bertz CT molecular complexity index is 1420. The maximum Gasteiger partial charge on any atom is 0.264 e. The fourth-order valence-corrected chi connectivity index (χ4v) is 5.80. The van der Waals surface area contributed by atoms with Gasteiger partial charge in [-0.2, -0.15) is 0 Å². The van der Waals surface area contributed by atoms with Crippen LogP contribution in [0, 0.1) is 6.92 Å². The van der Waals surface area contributed by atoms with E-state index in [1.54, 1.807) is 55.5 Å². The second kappa shape index (κ2) is 13.3. The van der Waals surface area contributed by atoms with Crippen molar-refractivity contribution in [3.63, 3.8) is 0 Å². The molecule has 3 aromatic rings. The predicted octanol–water partition coefficient (Wildman–Crippen LogP) is 5.91. The number of sulfonamides is 1. The number of hydrogen-bond donors (Lipinski definition) is 1. The molecule has 0 bridgehead atoms. The zero-order valence-electron chi connectivity index (χ0n) is 23.9. The Kier molecular flexibility index (Phi) is 10.4. The van der Waals surface area contributed by atoms with Crippen molar-refractivity contribution in [2.45, 2.75) is 71.0 Å². The van der Waals surface area contributed by atoms with E-state index in [9.17, 15) is 18.0 Å². The summed E-state index contributed by atoms with van der Waals surface area (Å²) in [7, 11) is -4.12. The van der Waals surface area contributed by atoms with Gasteiger partial charge in [0.2, 0.25) is 11.8 Å². The van der Waals surface area contributed by atoms with Crippen molar-refractivity contribution in [2.24, 2.45) is 0 Å². The summed E-state index contributed by atoms with van der Waals surface area (Å²) in [6.45, 7) is 10.8. The first-order chi connectivity index (χ1) is 18.8. The summed E-state index contributed by atoms with van der Waals surface area (Å²) >= 11 is 6.40. The van der Waals surface area contributed by atoms with E-state index in [4.69, 9.17) is 11.6 Å². The molecule has 0 spiro atoms. The highest BCUT2D eigenvalue weighted by Gasteiger charge is 2.33. The lowest BCUT2D eigenvalue weighted by Crippen LogP contribution is -2.52. The third kappa shape index (κ3) is 7.64. The van der Waals surface area contributed by atoms with Gasteiger partial charge < -0.3 is 10.2 Å². The second-order valence-corrected chi connectivity index (χ2v) is 12.8. The second-order valence-electron chi connectivity index (χ2n) is 10.5. The van der Waals surface area contributed by atoms with Crippen LogP contribution >= 0.6 is 11.6 Å². The topological polar surface area (TPSA) is 86.8 Å². The minimum atomic E-state index is -4.12. The number of aryl methyl sites for hydroxylation is 1. The number of halogens is 1. The molecule has 0 aliphatic carbocycles. The molecule has 9 heteroatoms. The molecular formula is C31H38ClN3O4S. The molecule has 0 heterocycles. The summed E-state index contributed by atoms with van der Waals surface area (Å²) in [5.74, 6) is -0.621. The van der Waals surface area contributed by atoms with Crippen molar-refractivity contribution < 1.29 is 18.0 Å². The third-order valence-electron chi connectivity index (χ3n) is 6.63. The fraction of sp³-hybridized carbons (Fsp3) is 0.355. The van der Waals surface area contributed by atoms with Crippen LogP contribution in [0.3, 0.4) is 0 Å². The first kappa shape index (κ1) is 31.2. The van der Waals surface area contributed by atoms with Crippen LogP contribution in [0.5, 0.6) is 0 Å². The molecular weight excluding hydrogens is 546 g/mol. The summed E-state index contributed by atoms with van der Waals surface area (Å²) in [5, 5.41) is 3.29. The van der Waals surface area contributed by atoms with Crippen LogP contribution in [-0.4, -0.2) is 43.8 Å². The van der Waals surface area contributed by atoms with E-state index in [2.05, 4.69) is 19.2 Å². The third-order valence-corrected chi connectivity index (χ3v) is 8.79. The molecule has 0 fully saturated rings. The number of nitrogens with one attached hydrogen (secondary N) is 1. The number of carbonyl (C=O) groups is 2. The van der Waals surface area contributed by atoms with Crippen LogP contribution < -0.4 is 9.62 Å². The van der Waals surface area contributed by atoms with Crippen LogP contribution in [0.2, 0.25) is 5.02 Å². The van der Waals surface area contributed by atoms with Gasteiger partial charge in [-0.1, -0.05) is 73.5 Å². The van der Waals surface area contributed by atoms with Gasteiger partial charge in [0.15, 0.2) is 0 Å². The van der Waals surface area contributed by atoms with E-state index < -0.39 is 28.5 Å². The summed E-state index contributed by atoms with van der Waals surface area (Å²) in [6.07, 6.45) is 0. The van der Waals surface area contributed by atoms with E-state index in [1.165, 1.54) is 17.0 Å². The zero-order chi connectivity index (χ0) is 29.6. The Hall–Kier alpha value is -3.36. The number of amides is 2. The SMILES string of the molecule is Cc1ccc(S(=O)(=O)N(CC(=O)N(Cc2ccccc2Cl)[C@H](C)C(=O)NC(C)C)c2ccc(C(C)C)cc2)cc1. The quantitative estimate of drug-likeness (QED) is 0.304. The molecule has 7 nitrogen and oxygen atoms in total. The van der Waals surface area contributed by atoms with Crippen LogP contribution in [0.15, 0.2) is 77.7 Å². The molecule has 3 rings (SSSR count). The minimum absolute atomic E-state index is 0.0376. The molecule has 214 valence electrons. The van der Waals surface area contributed by atoms with E-state index in [-0.39, 0.29) is 29.3 Å². The van der Waals surface area contributed by atoms with Gasteiger partial charge in [0.1, 0.15) is 12.6 Å². The average molecular weight is 584 g/mol. The van der Waals surface area contributed by atoms with Crippen LogP contribution in [0.25, 0.3) is 0 Å². The molecule has 2 amide bonds. The number of hydrogen-bond acceptors (Lipinski definition) is 4. The van der Waals surface area contributed by atoms with Crippen molar-refractivity contribution in [2.75, 3.05) is 10.8 Å². The van der Waals surface area contributed by atoms with E-state index in [0.29, 0.717) is 16.3 Å². The summed E-state index contributed by atoms with van der Waals surface area (Å²) in [6, 6.07) is 19.7. The molecule has 0 unspecified atom stereocenters. The van der Waals surface area contributed by atoms with Gasteiger partial charge in [-0.25, -0.2) is 8.42 Å². The number of rotatable bonds is 11. The zero-order valence-corrected chi connectivity index (χ0v) is 25.5. The molecule has 0 aliphatic rings. The predicted molar refractivity (Wildman–Crippen MR) is 161 cm³/mol. The standard InChI is InChI=1S/C31H38ClN3O4S/c1-21(2)25-13-15-27(16-14-25)35(40(38,39)28-17-11-23(5)12-18-28)20-30(36)34(24(6)31(37)33-22(3)4)19-26-9-7-8-10-29(26)32/h7-18,21-22,24H,19-20H2,1-6H3,(H,33,37)/t24-/m1/s1. The Morgan fingerprint density at radius 3 is 2.02 bits per heavy atom. The molecule has 1 atom stereocenters. The summed E-state index contributed by atoms with van der Waals surface area (Å²) < 4.78 is 29.0. The molecule has 0 radical (unpaired) electrons. The molecule has 0 saturated carbocycles. The number of benzene rings is 3. The molecule has 0 aromatic heterocycles. The fourth-order valence-electron chi connectivity index (χ4n) is 4.19. The van der Waals surface area contributed by atoms with Gasteiger partial charge in [-0.05, 0) is 75.1 Å². The van der Waals surface area contributed by atoms with Crippen molar-refractivity contribution >= 4 is 39.1 Å².